The number of ether oxygens (including phenoxy) is 1. The van der Waals surface area contributed by atoms with Crippen molar-refractivity contribution in [2.45, 2.75) is 76.2 Å². The van der Waals surface area contributed by atoms with Gasteiger partial charge < -0.3 is 19.8 Å². The lowest BCUT2D eigenvalue weighted by atomic mass is 9.71. The average Bonchev–Trinajstić information content (AvgIpc) is 3.67. The smallest absolute Gasteiger partial charge is 0.398 e. The monoisotopic (exact) mass is 748 g/mol. The van der Waals surface area contributed by atoms with Gasteiger partial charge in [0.05, 0.1) is 43.0 Å². The molecule has 0 bridgehead atoms. The number of carbonyl (C=O) groups excluding carboxylic acids is 1. The topological polar surface area (TPSA) is 108 Å². The van der Waals surface area contributed by atoms with Gasteiger partial charge in [-0.25, -0.2) is 4.79 Å². The number of carboxylic acid groups (broad SMARTS) is 1. The summed E-state index contributed by atoms with van der Waals surface area (Å²) in [5.41, 5.74) is -0.0259. The summed E-state index contributed by atoms with van der Waals surface area (Å²) in [4.78, 5) is 28.5. The molecule has 9 nitrogen and oxygen atoms in total. The van der Waals surface area contributed by atoms with E-state index in [1.807, 2.05) is 24.3 Å². The highest BCUT2D eigenvalue weighted by molar-refractivity contribution is 5.94. The molecule has 53 heavy (non-hydrogen) atoms. The minimum absolute atomic E-state index is 0.0290. The van der Waals surface area contributed by atoms with Gasteiger partial charge in [-0.3, -0.25) is 14.4 Å². The van der Waals surface area contributed by atoms with Crippen LogP contribution in [-0.4, -0.2) is 93.0 Å². The molecule has 1 spiro atoms. The Morgan fingerprint density at radius 1 is 0.962 bits per heavy atom. The highest BCUT2D eigenvalue weighted by Crippen LogP contribution is 2.62. The second-order valence-corrected chi connectivity index (χ2v) is 15.4. The van der Waals surface area contributed by atoms with E-state index in [1.54, 1.807) is 23.1 Å². The largest absolute Gasteiger partial charge is 0.478 e. The number of carboxylic acids is 1. The Bertz CT molecular complexity index is 1810. The van der Waals surface area contributed by atoms with E-state index in [0.717, 1.165) is 11.1 Å². The summed E-state index contributed by atoms with van der Waals surface area (Å²) in [6.07, 6.45) is -6.61. The van der Waals surface area contributed by atoms with E-state index in [4.69, 9.17) is 4.74 Å². The summed E-state index contributed by atoms with van der Waals surface area (Å²) in [5, 5.41) is 24.7. The number of alkyl halides is 6. The van der Waals surface area contributed by atoms with Gasteiger partial charge in [-0.2, -0.15) is 31.4 Å². The van der Waals surface area contributed by atoms with Gasteiger partial charge in [-0.05, 0) is 67.2 Å². The van der Waals surface area contributed by atoms with Crippen molar-refractivity contribution < 1.29 is 50.9 Å². The Hall–Kier alpha value is -3.95. The lowest BCUT2D eigenvalue weighted by molar-refractivity contribution is -0.257. The van der Waals surface area contributed by atoms with Crippen molar-refractivity contribution in [1.82, 2.24) is 19.6 Å². The Kier molecular flexibility index (Phi) is 9.90. The average molecular weight is 749 g/mol. The molecule has 7 rings (SSSR count). The molecule has 2 unspecified atom stereocenters. The first-order valence-electron chi connectivity index (χ1n) is 17.9. The van der Waals surface area contributed by atoms with Gasteiger partial charge in [-0.15, -0.1) is 0 Å². The number of hydrogen-bond donors (Lipinski definition) is 2. The van der Waals surface area contributed by atoms with E-state index < -0.39 is 41.3 Å². The third-order valence-electron chi connectivity index (χ3n) is 12.0. The van der Waals surface area contributed by atoms with Crippen LogP contribution in [0.2, 0.25) is 0 Å². The molecule has 286 valence electrons. The molecule has 2 aliphatic heterocycles. The minimum Gasteiger partial charge on any atom is -0.478 e. The Labute approximate surface area is 302 Å². The van der Waals surface area contributed by atoms with Crippen LogP contribution < -0.4 is 0 Å². The maximum atomic E-state index is 13.9. The molecule has 3 heterocycles. The summed E-state index contributed by atoms with van der Waals surface area (Å²) < 4.78 is 88.9. The van der Waals surface area contributed by atoms with Crippen molar-refractivity contribution in [2.24, 2.45) is 22.7 Å². The van der Waals surface area contributed by atoms with Gasteiger partial charge in [-0.1, -0.05) is 42.5 Å². The number of nitrogens with zero attached hydrogens (tertiary/aromatic N) is 4. The Morgan fingerprint density at radius 3 is 2.34 bits per heavy atom. The number of hydrogen-bond acceptors (Lipinski definition) is 6. The van der Waals surface area contributed by atoms with Crippen LogP contribution in [0.4, 0.5) is 26.3 Å². The summed E-state index contributed by atoms with van der Waals surface area (Å²) in [6, 6.07) is 14.1. The van der Waals surface area contributed by atoms with Gasteiger partial charge in [0, 0.05) is 43.7 Å². The van der Waals surface area contributed by atoms with Crippen LogP contribution in [0.3, 0.4) is 0 Å². The second kappa shape index (κ2) is 14.0. The van der Waals surface area contributed by atoms with E-state index in [2.05, 4.69) is 5.10 Å². The molecular formula is C38H42F6N4O5. The SMILES string of the molecule is O=C(O)c1ccccc1Cn1cc(C(=O)N2CC(COCc3cccc(C4CCC(C(F)(F)F)CC4)c3)C3(C2)CN(C(O)C2(C(F)(F)F)CC2)C3)cn1. The fraction of sp³-hybridized carbons (Fsp3) is 0.553. The number of benzene rings is 2. The Morgan fingerprint density at radius 2 is 1.68 bits per heavy atom. The number of amides is 1. The van der Waals surface area contributed by atoms with Crippen LogP contribution in [0.5, 0.6) is 0 Å². The standard InChI is InChI=1S/C38H42F6N4O5/c39-37(40,41)29-10-8-25(9-11-29)26-6-3-4-24(14-26)19-53-20-30-18-46(21-35(30)22-47(23-35)34(52)36(12-13-36)38(42,43)44)32(49)28-15-45-48(17-28)16-27-5-1-2-7-31(27)33(50)51/h1-7,14-15,17,25,29-30,34,52H,8-13,16,18-23H2,(H,50,51). The molecule has 2 atom stereocenters. The van der Waals surface area contributed by atoms with Crippen LogP contribution in [0.25, 0.3) is 0 Å². The number of carbonyl (C=O) groups is 2. The van der Waals surface area contributed by atoms with Crippen LogP contribution in [0.1, 0.15) is 81.8 Å². The molecule has 2 saturated heterocycles. The van der Waals surface area contributed by atoms with Gasteiger partial charge in [0.25, 0.3) is 5.91 Å². The molecule has 4 aliphatic rings. The summed E-state index contributed by atoms with van der Waals surface area (Å²) in [6.45, 7) is 1.36. The highest BCUT2D eigenvalue weighted by Gasteiger charge is 2.70. The molecule has 2 N–H and O–H groups in total. The van der Waals surface area contributed by atoms with E-state index in [0.29, 0.717) is 18.4 Å². The number of halogens is 6. The number of rotatable bonds is 11. The zero-order valence-corrected chi connectivity index (χ0v) is 29.0. The fourth-order valence-corrected chi connectivity index (χ4v) is 8.68. The molecule has 0 radical (unpaired) electrons. The first-order valence-corrected chi connectivity index (χ1v) is 17.9. The maximum Gasteiger partial charge on any atom is 0.398 e. The van der Waals surface area contributed by atoms with E-state index in [-0.39, 0.29) is 100 Å². The lowest BCUT2D eigenvalue weighted by Crippen LogP contribution is -2.66. The molecule has 4 fully saturated rings. The second-order valence-electron chi connectivity index (χ2n) is 15.4. The quantitative estimate of drug-likeness (QED) is 0.210. The number of aromatic nitrogens is 2. The normalized spacial score (nSPS) is 24.6. The zero-order chi connectivity index (χ0) is 37.8. The zero-order valence-electron chi connectivity index (χ0n) is 29.0. The van der Waals surface area contributed by atoms with Gasteiger partial charge in [0.15, 0.2) is 0 Å². The summed E-state index contributed by atoms with van der Waals surface area (Å²) >= 11 is 0. The van der Waals surface area contributed by atoms with Gasteiger partial charge in [0.1, 0.15) is 11.6 Å². The number of aliphatic hydroxyl groups excluding tert-OH is 1. The molecule has 15 heteroatoms. The maximum absolute atomic E-state index is 13.9. The first kappa shape index (κ1) is 37.4. The van der Waals surface area contributed by atoms with Crippen molar-refractivity contribution in [1.29, 1.82) is 0 Å². The van der Waals surface area contributed by atoms with Crippen molar-refractivity contribution in [3.05, 3.63) is 88.7 Å². The number of aliphatic hydroxyl groups is 1. The van der Waals surface area contributed by atoms with Crippen LogP contribution in [0.15, 0.2) is 60.9 Å². The third kappa shape index (κ3) is 7.44. The van der Waals surface area contributed by atoms with Gasteiger partial charge >= 0.3 is 18.3 Å². The number of likely N-dealkylation sites (tertiary alicyclic amines) is 2. The van der Waals surface area contributed by atoms with Crippen LogP contribution >= 0.6 is 0 Å². The molecule has 2 aliphatic carbocycles. The summed E-state index contributed by atoms with van der Waals surface area (Å²) in [7, 11) is 0. The minimum atomic E-state index is -4.54. The molecule has 1 aromatic heterocycles. The van der Waals surface area contributed by atoms with Crippen molar-refractivity contribution in [3.63, 3.8) is 0 Å². The van der Waals surface area contributed by atoms with Gasteiger partial charge in [0.2, 0.25) is 0 Å². The van der Waals surface area contributed by atoms with Crippen LogP contribution in [-0.2, 0) is 17.9 Å². The van der Waals surface area contributed by atoms with E-state index >= 15 is 0 Å². The predicted molar refractivity (Wildman–Crippen MR) is 179 cm³/mol. The highest BCUT2D eigenvalue weighted by atomic mass is 19.4. The molecule has 2 saturated carbocycles. The Balaban J connectivity index is 1.02. The van der Waals surface area contributed by atoms with E-state index in [1.165, 1.54) is 28.0 Å². The van der Waals surface area contributed by atoms with E-state index in [9.17, 15) is 46.1 Å². The van der Waals surface area contributed by atoms with Crippen molar-refractivity contribution in [3.8, 4) is 0 Å². The fourth-order valence-electron chi connectivity index (χ4n) is 8.68. The van der Waals surface area contributed by atoms with Crippen molar-refractivity contribution in [2.75, 3.05) is 32.8 Å². The van der Waals surface area contributed by atoms with Crippen LogP contribution in [0, 0.1) is 22.7 Å². The molecule has 2 aromatic carbocycles. The first-order chi connectivity index (χ1) is 25.1. The molecule has 3 aromatic rings. The lowest BCUT2D eigenvalue weighted by Gasteiger charge is -2.54. The van der Waals surface area contributed by atoms with Crippen molar-refractivity contribution >= 4 is 11.9 Å². The summed E-state index contributed by atoms with van der Waals surface area (Å²) in [5.74, 6) is -2.90. The molecular weight excluding hydrogens is 706 g/mol. The number of aromatic carboxylic acids is 1. The molecule has 1 amide bonds. The predicted octanol–water partition coefficient (Wildman–Crippen LogP) is 6.72. The third-order valence-corrected chi connectivity index (χ3v) is 12.0.